The third kappa shape index (κ3) is 4.32. The van der Waals surface area contributed by atoms with E-state index in [1.807, 2.05) is 38.1 Å². The van der Waals surface area contributed by atoms with Crippen LogP contribution in [-0.4, -0.2) is 31.6 Å². The predicted molar refractivity (Wildman–Crippen MR) is 106 cm³/mol. The van der Waals surface area contributed by atoms with Crippen LogP contribution in [-0.2, 0) is 21.2 Å². The molecule has 0 saturated carbocycles. The lowest BCUT2D eigenvalue weighted by Gasteiger charge is -2.30. The Kier molecular flexibility index (Phi) is 5.14. The Hall–Kier alpha value is -2.91. The molecule has 0 fully saturated rings. The Morgan fingerprint density at radius 2 is 1.79 bits per heavy atom. The van der Waals surface area contributed by atoms with Gasteiger partial charge >= 0.3 is 0 Å². The third-order valence-corrected chi connectivity index (χ3v) is 5.25. The molecular weight excluding hydrogens is 378 g/mol. The zero-order chi connectivity index (χ0) is 20.5. The maximum absolute atomic E-state index is 12.1. The molecule has 0 radical (unpaired) electrons. The lowest BCUT2D eigenvalue weighted by Crippen LogP contribution is -2.40. The number of carbonyl (C=O) groups is 1. The van der Waals surface area contributed by atoms with E-state index in [9.17, 15) is 13.2 Å². The topological polar surface area (TPSA) is 140 Å². The minimum absolute atomic E-state index is 0.0368. The highest BCUT2D eigenvalue weighted by molar-refractivity contribution is 7.89. The standard InChI is InChI=1S/C19H21N5O3S/c1-19(2)11-12-5-3-4-6-15(12)16(22-19)17(18(20)25)24-23-13-7-9-14(10-8-13)28(21,26)27/h3-10,17H,11H2,1-2H3,(H2,20,25)(H2,21,26,27). The molecule has 8 nitrogen and oxygen atoms in total. The molecule has 0 bridgehead atoms. The van der Waals surface area contributed by atoms with Crippen molar-refractivity contribution in [3.05, 3.63) is 59.7 Å². The van der Waals surface area contributed by atoms with E-state index in [4.69, 9.17) is 15.9 Å². The van der Waals surface area contributed by atoms with Crippen molar-refractivity contribution in [3.63, 3.8) is 0 Å². The zero-order valence-corrected chi connectivity index (χ0v) is 16.3. The minimum Gasteiger partial charge on any atom is -0.367 e. The highest BCUT2D eigenvalue weighted by atomic mass is 32.2. The number of primary sulfonamides is 1. The smallest absolute Gasteiger partial charge is 0.250 e. The molecule has 0 saturated heterocycles. The summed E-state index contributed by atoms with van der Waals surface area (Å²) in [4.78, 5) is 16.8. The maximum atomic E-state index is 12.1. The van der Waals surface area contributed by atoms with Crippen molar-refractivity contribution in [3.8, 4) is 0 Å². The quantitative estimate of drug-likeness (QED) is 0.744. The van der Waals surface area contributed by atoms with E-state index in [1.54, 1.807) is 0 Å². The van der Waals surface area contributed by atoms with Crippen LogP contribution < -0.4 is 10.9 Å². The van der Waals surface area contributed by atoms with Crippen LogP contribution in [0.2, 0.25) is 0 Å². The predicted octanol–water partition coefficient (Wildman–Crippen LogP) is 2.10. The monoisotopic (exact) mass is 399 g/mol. The maximum Gasteiger partial charge on any atom is 0.250 e. The molecule has 3 rings (SSSR count). The molecule has 1 unspecified atom stereocenters. The van der Waals surface area contributed by atoms with E-state index in [0.29, 0.717) is 11.4 Å². The van der Waals surface area contributed by atoms with Gasteiger partial charge in [0, 0.05) is 5.56 Å². The molecule has 0 spiro atoms. The summed E-state index contributed by atoms with van der Waals surface area (Å²) >= 11 is 0. The van der Waals surface area contributed by atoms with E-state index >= 15 is 0 Å². The number of aliphatic imine (C=N–C) groups is 1. The number of amides is 1. The molecule has 146 valence electrons. The lowest BCUT2D eigenvalue weighted by molar-refractivity contribution is -0.117. The minimum atomic E-state index is -3.79. The average molecular weight is 399 g/mol. The first-order valence-electron chi connectivity index (χ1n) is 8.58. The first-order chi connectivity index (χ1) is 13.1. The second kappa shape index (κ2) is 7.25. The third-order valence-electron chi connectivity index (χ3n) is 4.32. The van der Waals surface area contributed by atoms with Crippen LogP contribution in [0.5, 0.6) is 0 Å². The first kappa shape index (κ1) is 19.8. The highest BCUT2D eigenvalue weighted by Gasteiger charge is 2.33. The molecule has 1 aliphatic heterocycles. The molecule has 2 aromatic carbocycles. The largest absolute Gasteiger partial charge is 0.367 e. The fraction of sp³-hybridized carbons (Fsp3) is 0.263. The van der Waals surface area contributed by atoms with Crippen molar-refractivity contribution in [1.82, 2.24) is 0 Å². The number of fused-ring (bicyclic) bond motifs is 1. The molecular formula is C19H21N5O3S. The SMILES string of the molecule is CC1(C)Cc2ccccc2C(C(N=Nc2ccc(S(N)(=O)=O)cc2)C(N)=O)=N1. The van der Waals surface area contributed by atoms with Gasteiger partial charge in [-0.05, 0) is 50.1 Å². The number of rotatable bonds is 5. The highest BCUT2D eigenvalue weighted by Crippen LogP contribution is 2.29. The Morgan fingerprint density at radius 1 is 1.14 bits per heavy atom. The van der Waals surface area contributed by atoms with Crippen molar-refractivity contribution in [2.24, 2.45) is 26.1 Å². The number of nitrogens with two attached hydrogens (primary N) is 2. The zero-order valence-electron chi connectivity index (χ0n) is 15.5. The number of hydrogen-bond acceptors (Lipinski definition) is 6. The van der Waals surface area contributed by atoms with Crippen molar-refractivity contribution in [2.75, 3.05) is 0 Å². The molecule has 0 aliphatic carbocycles. The van der Waals surface area contributed by atoms with Crippen LogP contribution in [0.3, 0.4) is 0 Å². The van der Waals surface area contributed by atoms with Gasteiger partial charge in [0.1, 0.15) is 0 Å². The van der Waals surface area contributed by atoms with Crippen LogP contribution >= 0.6 is 0 Å². The van der Waals surface area contributed by atoms with Gasteiger partial charge < -0.3 is 5.73 Å². The number of carbonyl (C=O) groups excluding carboxylic acids is 1. The summed E-state index contributed by atoms with van der Waals surface area (Å²) in [5, 5.41) is 13.2. The van der Waals surface area contributed by atoms with Crippen LogP contribution in [0.25, 0.3) is 0 Å². The molecule has 1 aliphatic rings. The van der Waals surface area contributed by atoms with E-state index in [0.717, 1.165) is 17.5 Å². The number of nitrogens with zero attached hydrogens (tertiary/aromatic N) is 3. The van der Waals surface area contributed by atoms with Gasteiger partial charge in [0.25, 0.3) is 0 Å². The average Bonchev–Trinajstić information content (AvgIpc) is 2.60. The number of sulfonamides is 1. The summed E-state index contributed by atoms with van der Waals surface area (Å²) in [6, 6.07) is 12.2. The van der Waals surface area contributed by atoms with Gasteiger partial charge in [0.05, 0.1) is 21.8 Å². The molecule has 9 heteroatoms. The van der Waals surface area contributed by atoms with Gasteiger partial charge in [0.2, 0.25) is 15.9 Å². The van der Waals surface area contributed by atoms with E-state index in [1.165, 1.54) is 24.3 Å². The first-order valence-corrected chi connectivity index (χ1v) is 10.1. The summed E-state index contributed by atoms with van der Waals surface area (Å²) in [6.07, 6.45) is 0.740. The number of primary amides is 1. The van der Waals surface area contributed by atoms with Crippen molar-refractivity contribution in [2.45, 2.75) is 36.7 Å². The van der Waals surface area contributed by atoms with Gasteiger partial charge in [-0.25, -0.2) is 13.6 Å². The molecule has 1 atom stereocenters. The second-order valence-corrected chi connectivity index (χ2v) is 8.76. The molecule has 0 aromatic heterocycles. The van der Waals surface area contributed by atoms with Gasteiger partial charge in [-0.15, -0.1) is 0 Å². The molecule has 28 heavy (non-hydrogen) atoms. The lowest BCUT2D eigenvalue weighted by atomic mass is 9.85. The number of benzene rings is 2. The molecule has 2 aromatic rings. The normalized spacial score (nSPS) is 17.0. The van der Waals surface area contributed by atoms with E-state index in [-0.39, 0.29) is 4.90 Å². The Bertz CT molecular complexity index is 1070. The van der Waals surface area contributed by atoms with Gasteiger partial charge in [-0.2, -0.15) is 10.2 Å². The van der Waals surface area contributed by atoms with E-state index in [2.05, 4.69) is 10.2 Å². The summed E-state index contributed by atoms with van der Waals surface area (Å²) < 4.78 is 22.7. The van der Waals surface area contributed by atoms with Crippen LogP contribution in [0, 0.1) is 0 Å². The van der Waals surface area contributed by atoms with Gasteiger partial charge in [0.15, 0.2) is 6.04 Å². The Balaban J connectivity index is 1.97. The van der Waals surface area contributed by atoms with Gasteiger partial charge in [-0.1, -0.05) is 24.3 Å². The van der Waals surface area contributed by atoms with Crippen LogP contribution in [0.1, 0.15) is 25.0 Å². The second-order valence-electron chi connectivity index (χ2n) is 7.20. The van der Waals surface area contributed by atoms with Crippen LogP contribution in [0.15, 0.2) is 68.6 Å². The van der Waals surface area contributed by atoms with Crippen molar-refractivity contribution in [1.29, 1.82) is 0 Å². The molecule has 4 N–H and O–H groups in total. The Labute approximate surface area is 163 Å². The van der Waals surface area contributed by atoms with Crippen molar-refractivity contribution < 1.29 is 13.2 Å². The van der Waals surface area contributed by atoms with E-state index < -0.39 is 27.5 Å². The molecule has 1 amide bonds. The van der Waals surface area contributed by atoms with Crippen molar-refractivity contribution >= 4 is 27.3 Å². The van der Waals surface area contributed by atoms with Crippen LogP contribution in [0.4, 0.5) is 5.69 Å². The summed E-state index contributed by atoms with van der Waals surface area (Å²) in [7, 11) is -3.79. The summed E-state index contributed by atoms with van der Waals surface area (Å²) in [5.74, 6) is -0.670. The van der Waals surface area contributed by atoms with Gasteiger partial charge in [-0.3, -0.25) is 9.79 Å². The Morgan fingerprint density at radius 3 is 2.39 bits per heavy atom. The fourth-order valence-corrected chi connectivity index (χ4v) is 3.61. The number of hydrogen-bond donors (Lipinski definition) is 2. The summed E-state index contributed by atoms with van der Waals surface area (Å²) in [6.45, 7) is 3.95. The fourth-order valence-electron chi connectivity index (χ4n) is 3.10. The number of azo groups is 1. The summed E-state index contributed by atoms with van der Waals surface area (Å²) in [5.41, 5.74) is 7.92. The molecule has 1 heterocycles.